The number of aromatic nitrogens is 2. The zero-order valence-electron chi connectivity index (χ0n) is 10.9. The minimum atomic E-state index is -0.731. The highest BCUT2D eigenvalue weighted by Gasteiger charge is 2.19. The molecule has 0 fully saturated rings. The van der Waals surface area contributed by atoms with Gasteiger partial charge in [0.25, 0.3) is 0 Å². The lowest BCUT2D eigenvalue weighted by molar-refractivity contribution is 0.203. The Morgan fingerprint density at radius 1 is 1.28 bits per heavy atom. The van der Waals surface area contributed by atoms with Crippen LogP contribution in [0.2, 0.25) is 0 Å². The summed E-state index contributed by atoms with van der Waals surface area (Å²) in [5.74, 6) is 0.682. The molecule has 0 saturated heterocycles. The van der Waals surface area contributed by atoms with Crippen molar-refractivity contribution in [3.63, 3.8) is 0 Å². The summed E-state index contributed by atoms with van der Waals surface area (Å²) >= 11 is 0. The minimum Gasteiger partial charge on any atom is -0.496 e. The van der Waals surface area contributed by atoms with Crippen molar-refractivity contribution in [3.05, 3.63) is 48.0 Å². The molecule has 0 aliphatic heterocycles. The summed E-state index contributed by atoms with van der Waals surface area (Å²) in [5.41, 5.74) is 1.52. The summed E-state index contributed by atoms with van der Waals surface area (Å²) in [6.07, 6.45) is 2.70. The fraction of sp³-hybridized carbons (Fsp3) is 0.357. The molecule has 1 atom stereocenters. The summed E-state index contributed by atoms with van der Waals surface area (Å²) in [5, 5.41) is 10.5. The van der Waals surface area contributed by atoms with E-state index in [9.17, 15) is 5.11 Å². The van der Waals surface area contributed by atoms with E-state index in [1.165, 1.54) is 0 Å². The number of rotatable bonds is 4. The lowest BCUT2D eigenvalue weighted by Gasteiger charge is -2.18. The minimum absolute atomic E-state index is 0.256. The summed E-state index contributed by atoms with van der Waals surface area (Å²) < 4.78 is 7.23. The van der Waals surface area contributed by atoms with E-state index in [2.05, 4.69) is 18.8 Å². The second-order valence-electron chi connectivity index (χ2n) is 4.46. The van der Waals surface area contributed by atoms with Gasteiger partial charge in [-0.2, -0.15) is 0 Å². The molecule has 0 aliphatic rings. The van der Waals surface area contributed by atoms with Gasteiger partial charge in [0.2, 0.25) is 0 Å². The molecule has 0 spiro atoms. The quantitative estimate of drug-likeness (QED) is 0.901. The molecule has 0 amide bonds. The average Bonchev–Trinajstić information content (AvgIpc) is 2.87. The van der Waals surface area contributed by atoms with Gasteiger partial charge in [0.15, 0.2) is 0 Å². The third-order valence-electron chi connectivity index (χ3n) is 2.97. The first-order valence-electron chi connectivity index (χ1n) is 5.98. The number of benzene rings is 1. The van der Waals surface area contributed by atoms with Crippen molar-refractivity contribution in [2.24, 2.45) is 0 Å². The Labute approximate surface area is 107 Å². The molecular weight excluding hydrogens is 228 g/mol. The van der Waals surface area contributed by atoms with Gasteiger partial charge in [-0.3, -0.25) is 0 Å². The molecule has 1 aromatic carbocycles. The van der Waals surface area contributed by atoms with Crippen LogP contribution < -0.4 is 4.74 Å². The molecule has 2 aromatic rings. The summed E-state index contributed by atoms with van der Waals surface area (Å²) in [7, 11) is 1.60. The molecule has 4 nitrogen and oxygen atoms in total. The van der Waals surface area contributed by atoms with E-state index in [0.29, 0.717) is 5.75 Å². The predicted octanol–water partition coefficient (Wildman–Crippen LogP) is 2.55. The van der Waals surface area contributed by atoms with Gasteiger partial charge in [0, 0.05) is 11.6 Å². The number of aliphatic hydroxyl groups is 1. The number of para-hydroxylation sites is 1. The monoisotopic (exact) mass is 246 g/mol. The number of aliphatic hydroxyl groups excluding tert-OH is 1. The number of ether oxygens (including phenoxy) is 1. The van der Waals surface area contributed by atoms with Crippen molar-refractivity contribution in [2.45, 2.75) is 26.0 Å². The fourth-order valence-corrected chi connectivity index (χ4v) is 2.01. The van der Waals surface area contributed by atoms with E-state index in [1.807, 2.05) is 28.8 Å². The van der Waals surface area contributed by atoms with Crippen molar-refractivity contribution in [3.8, 4) is 5.75 Å². The van der Waals surface area contributed by atoms with Crippen molar-refractivity contribution < 1.29 is 9.84 Å². The Balaban J connectivity index is 2.41. The highest BCUT2D eigenvalue weighted by molar-refractivity contribution is 5.38. The van der Waals surface area contributed by atoms with Crippen LogP contribution in [0.5, 0.6) is 5.75 Å². The number of methoxy groups -OCH3 is 1. The molecule has 0 aliphatic carbocycles. The summed E-state index contributed by atoms with van der Waals surface area (Å²) in [4.78, 5) is 4.11. The van der Waals surface area contributed by atoms with Gasteiger partial charge in [0.1, 0.15) is 11.9 Å². The van der Waals surface area contributed by atoms with Crippen molar-refractivity contribution >= 4 is 0 Å². The molecule has 1 heterocycles. The molecule has 2 rings (SSSR count). The number of hydrogen-bond acceptors (Lipinski definition) is 3. The van der Waals surface area contributed by atoms with Crippen LogP contribution in [0.4, 0.5) is 0 Å². The Hall–Kier alpha value is -1.81. The van der Waals surface area contributed by atoms with Gasteiger partial charge in [-0.1, -0.05) is 18.2 Å². The van der Waals surface area contributed by atoms with Crippen molar-refractivity contribution in [1.82, 2.24) is 9.55 Å². The van der Waals surface area contributed by atoms with Crippen LogP contribution in [-0.2, 0) is 0 Å². The van der Waals surface area contributed by atoms with Crippen LogP contribution in [0.15, 0.2) is 36.8 Å². The third-order valence-corrected chi connectivity index (χ3v) is 2.97. The maximum absolute atomic E-state index is 10.5. The zero-order valence-corrected chi connectivity index (χ0v) is 10.9. The zero-order chi connectivity index (χ0) is 13.1. The number of imidazole rings is 1. The first kappa shape index (κ1) is 12.6. The van der Waals surface area contributed by atoms with Gasteiger partial charge in [-0.05, 0) is 19.9 Å². The standard InChI is InChI=1S/C14H18N2O2/c1-10(2)16-9-15-8-12(16)14(17)11-6-4-5-7-13(11)18-3/h4-10,14,17H,1-3H3. The highest BCUT2D eigenvalue weighted by atomic mass is 16.5. The molecule has 1 aromatic heterocycles. The Kier molecular flexibility index (Phi) is 3.67. The van der Waals surface area contributed by atoms with Gasteiger partial charge in [-0.15, -0.1) is 0 Å². The SMILES string of the molecule is COc1ccccc1C(O)c1cncn1C(C)C. The molecule has 0 bridgehead atoms. The highest BCUT2D eigenvalue weighted by Crippen LogP contribution is 2.30. The second kappa shape index (κ2) is 5.23. The molecule has 1 N–H and O–H groups in total. The number of nitrogens with zero attached hydrogens (tertiary/aromatic N) is 2. The molecule has 96 valence electrons. The Morgan fingerprint density at radius 3 is 2.67 bits per heavy atom. The van der Waals surface area contributed by atoms with Crippen LogP contribution in [0.25, 0.3) is 0 Å². The maximum atomic E-state index is 10.5. The molecule has 0 saturated carbocycles. The first-order valence-corrected chi connectivity index (χ1v) is 5.98. The van der Waals surface area contributed by atoms with Crippen molar-refractivity contribution in [1.29, 1.82) is 0 Å². The first-order chi connectivity index (χ1) is 8.65. The van der Waals surface area contributed by atoms with Crippen LogP contribution in [0.3, 0.4) is 0 Å². The van der Waals surface area contributed by atoms with E-state index in [-0.39, 0.29) is 6.04 Å². The second-order valence-corrected chi connectivity index (χ2v) is 4.46. The predicted molar refractivity (Wildman–Crippen MR) is 69.7 cm³/mol. The van der Waals surface area contributed by atoms with Crippen LogP contribution in [-0.4, -0.2) is 21.8 Å². The van der Waals surface area contributed by atoms with E-state index in [4.69, 9.17) is 4.74 Å². The molecule has 18 heavy (non-hydrogen) atoms. The van der Waals surface area contributed by atoms with Crippen LogP contribution >= 0.6 is 0 Å². The van der Waals surface area contributed by atoms with E-state index in [0.717, 1.165) is 11.3 Å². The van der Waals surface area contributed by atoms with E-state index < -0.39 is 6.10 Å². The summed E-state index contributed by atoms with van der Waals surface area (Å²) in [6.45, 7) is 4.11. The largest absolute Gasteiger partial charge is 0.496 e. The number of hydrogen-bond donors (Lipinski definition) is 1. The Morgan fingerprint density at radius 2 is 2.00 bits per heavy atom. The lowest BCUT2D eigenvalue weighted by Crippen LogP contribution is -2.10. The van der Waals surface area contributed by atoms with Gasteiger partial charge in [-0.25, -0.2) is 4.98 Å². The van der Waals surface area contributed by atoms with Crippen LogP contribution in [0, 0.1) is 0 Å². The average molecular weight is 246 g/mol. The topological polar surface area (TPSA) is 47.3 Å². The maximum Gasteiger partial charge on any atom is 0.125 e. The van der Waals surface area contributed by atoms with Crippen molar-refractivity contribution in [2.75, 3.05) is 7.11 Å². The Bertz CT molecular complexity index is 520. The van der Waals surface area contributed by atoms with Crippen LogP contribution in [0.1, 0.15) is 37.3 Å². The van der Waals surface area contributed by atoms with E-state index in [1.54, 1.807) is 19.6 Å². The lowest BCUT2D eigenvalue weighted by atomic mass is 10.1. The van der Waals surface area contributed by atoms with Gasteiger partial charge >= 0.3 is 0 Å². The van der Waals surface area contributed by atoms with Gasteiger partial charge in [0.05, 0.1) is 25.3 Å². The smallest absolute Gasteiger partial charge is 0.125 e. The normalized spacial score (nSPS) is 12.7. The molecule has 0 radical (unpaired) electrons. The van der Waals surface area contributed by atoms with E-state index >= 15 is 0 Å². The molecule has 4 heteroatoms. The molecule has 1 unspecified atom stereocenters. The van der Waals surface area contributed by atoms with Gasteiger partial charge < -0.3 is 14.4 Å². The third kappa shape index (κ3) is 2.24. The summed E-state index contributed by atoms with van der Waals surface area (Å²) in [6, 6.07) is 7.73. The fourth-order valence-electron chi connectivity index (χ4n) is 2.01. The molecular formula is C14H18N2O2.